The molecule has 2 aromatic rings. The summed E-state index contributed by atoms with van der Waals surface area (Å²) in [5, 5.41) is 17.1. The summed E-state index contributed by atoms with van der Waals surface area (Å²) in [6, 6.07) is 11.5. The lowest BCUT2D eigenvalue weighted by atomic mass is 10.1. The second-order valence-corrected chi connectivity index (χ2v) is 7.54. The van der Waals surface area contributed by atoms with Gasteiger partial charge in [-0.1, -0.05) is 12.1 Å². The average molecular weight is 483 g/mol. The molecular weight excluding hydrogens is 462 g/mol. The van der Waals surface area contributed by atoms with Gasteiger partial charge >= 0.3 is 5.97 Å². The second-order valence-electron chi connectivity index (χ2n) is 7.54. The summed E-state index contributed by atoms with van der Waals surface area (Å²) in [4.78, 5) is 70.4. The Morgan fingerprint density at radius 3 is 2.31 bits per heavy atom. The molecule has 0 spiro atoms. The Labute approximate surface area is 198 Å². The first-order valence-corrected chi connectivity index (χ1v) is 10.3. The minimum Gasteiger partial charge on any atom is -0.455 e. The van der Waals surface area contributed by atoms with Gasteiger partial charge in [0.2, 0.25) is 11.8 Å². The van der Waals surface area contributed by atoms with Gasteiger partial charge in [0, 0.05) is 30.8 Å². The van der Waals surface area contributed by atoms with Crippen LogP contribution in [-0.4, -0.2) is 52.7 Å². The summed E-state index contributed by atoms with van der Waals surface area (Å²) in [5.41, 5.74) is 2.56. The van der Waals surface area contributed by atoms with E-state index in [9.17, 15) is 34.1 Å². The zero-order chi connectivity index (χ0) is 25.5. The smallest absolute Gasteiger partial charge is 0.311 e. The van der Waals surface area contributed by atoms with E-state index in [1.807, 2.05) is 0 Å². The number of esters is 1. The zero-order valence-electron chi connectivity index (χ0n) is 18.5. The Morgan fingerprint density at radius 2 is 1.69 bits per heavy atom. The monoisotopic (exact) mass is 483 g/mol. The van der Waals surface area contributed by atoms with Crippen molar-refractivity contribution in [1.29, 1.82) is 0 Å². The minimum absolute atomic E-state index is 0.212. The number of rotatable bonds is 8. The van der Waals surface area contributed by atoms with Crippen LogP contribution in [0.2, 0.25) is 0 Å². The van der Waals surface area contributed by atoms with E-state index in [0.29, 0.717) is 11.4 Å². The van der Waals surface area contributed by atoms with Crippen LogP contribution in [0, 0.1) is 16.0 Å². The molecule has 0 bridgehead atoms. The number of nitro benzene ring substituents is 1. The highest BCUT2D eigenvalue weighted by molar-refractivity contribution is 5.99. The fourth-order valence-corrected chi connectivity index (χ4v) is 3.27. The van der Waals surface area contributed by atoms with Gasteiger partial charge in [-0.25, -0.2) is 0 Å². The Morgan fingerprint density at radius 1 is 1.06 bits per heavy atom. The van der Waals surface area contributed by atoms with Crippen molar-refractivity contribution in [3.8, 4) is 0 Å². The number of hydrogen-bond donors (Lipinski definition) is 3. The molecule has 0 saturated carbocycles. The normalized spacial score (nSPS) is 14.7. The van der Waals surface area contributed by atoms with Crippen molar-refractivity contribution in [2.45, 2.75) is 13.3 Å². The highest BCUT2D eigenvalue weighted by Gasteiger charge is 2.37. The maximum atomic E-state index is 12.4. The maximum Gasteiger partial charge on any atom is 0.311 e. The van der Waals surface area contributed by atoms with Crippen molar-refractivity contribution >= 4 is 46.7 Å². The van der Waals surface area contributed by atoms with Crippen LogP contribution >= 0.6 is 0 Å². The average Bonchev–Trinajstić information content (AvgIpc) is 3.18. The lowest BCUT2D eigenvalue weighted by Gasteiger charge is -2.17. The van der Waals surface area contributed by atoms with Gasteiger partial charge in [0.05, 0.1) is 17.4 Å². The summed E-state index contributed by atoms with van der Waals surface area (Å²) in [6.07, 6.45) is -0.262. The Bertz CT molecular complexity index is 1180. The number of carbonyl (C=O) groups is 5. The van der Waals surface area contributed by atoms with Crippen LogP contribution in [0.1, 0.15) is 23.7 Å². The van der Waals surface area contributed by atoms with Crippen LogP contribution in [0.3, 0.4) is 0 Å². The number of benzene rings is 2. The highest BCUT2D eigenvalue weighted by Crippen LogP contribution is 2.21. The molecule has 0 radical (unpaired) electrons. The molecule has 1 aliphatic heterocycles. The summed E-state index contributed by atoms with van der Waals surface area (Å²) in [7, 11) is 0. The summed E-state index contributed by atoms with van der Waals surface area (Å²) < 4.78 is 4.98. The number of hydrogen-bond acceptors (Lipinski definition) is 8. The molecule has 35 heavy (non-hydrogen) atoms. The molecule has 0 aromatic heterocycles. The molecule has 0 aliphatic carbocycles. The molecule has 3 N–H and O–H groups in total. The van der Waals surface area contributed by atoms with E-state index >= 15 is 0 Å². The molecule has 1 aliphatic rings. The van der Waals surface area contributed by atoms with E-state index < -0.39 is 46.8 Å². The molecule has 0 unspecified atom stereocenters. The SMILES string of the molecule is CC(=O)Nc1ccc(NC(=O)COC(=O)[C@@H]2CC(=O)N(NC(=O)c3ccccc3[N+](=O)[O-])C2)cc1. The Balaban J connectivity index is 1.49. The lowest BCUT2D eigenvalue weighted by Crippen LogP contribution is -2.43. The molecule has 13 heteroatoms. The number of hydrazine groups is 1. The van der Waals surface area contributed by atoms with Crippen LogP contribution in [0.15, 0.2) is 48.5 Å². The highest BCUT2D eigenvalue weighted by atomic mass is 16.6. The van der Waals surface area contributed by atoms with Crippen molar-refractivity contribution in [2.75, 3.05) is 23.8 Å². The third-order valence-electron chi connectivity index (χ3n) is 4.87. The molecule has 2 aromatic carbocycles. The first-order valence-electron chi connectivity index (χ1n) is 10.3. The fraction of sp³-hybridized carbons (Fsp3) is 0.227. The van der Waals surface area contributed by atoms with E-state index in [4.69, 9.17) is 4.74 Å². The lowest BCUT2D eigenvalue weighted by molar-refractivity contribution is -0.385. The maximum absolute atomic E-state index is 12.4. The topological polar surface area (TPSA) is 177 Å². The third-order valence-corrected chi connectivity index (χ3v) is 4.87. The van der Waals surface area contributed by atoms with Crippen LogP contribution in [0.25, 0.3) is 0 Å². The number of amides is 4. The van der Waals surface area contributed by atoms with E-state index in [2.05, 4.69) is 16.1 Å². The number of ether oxygens (including phenoxy) is 1. The zero-order valence-corrected chi connectivity index (χ0v) is 18.5. The quantitative estimate of drug-likeness (QED) is 0.285. The number of carbonyl (C=O) groups excluding carboxylic acids is 5. The number of nitrogens with one attached hydrogen (secondary N) is 3. The van der Waals surface area contributed by atoms with Gasteiger partial charge in [0.15, 0.2) is 6.61 Å². The standard InChI is InChI=1S/C22H21N5O8/c1-13(28)23-15-6-8-16(9-7-15)24-19(29)12-35-22(32)14-10-20(30)26(11-14)25-21(31)17-4-2-3-5-18(17)27(33)34/h2-9,14H,10-12H2,1H3,(H,23,28)(H,24,29)(H,25,31)/t14-/m1/s1. The Kier molecular flexibility index (Phi) is 7.71. The van der Waals surface area contributed by atoms with Gasteiger partial charge in [-0.15, -0.1) is 0 Å². The third kappa shape index (κ3) is 6.60. The van der Waals surface area contributed by atoms with E-state index in [1.165, 1.54) is 25.1 Å². The molecule has 182 valence electrons. The fourth-order valence-electron chi connectivity index (χ4n) is 3.27. The van der Waals surface area contributed by atoms with Gasteiger partial charge in [-0.05, 0) is 30.3 Å². The number of nitro groups is 1. The van der Waals surface area contributed by atoms with Crippen molar-refractivity contribution in [2.24, 2.45) is 5.92 Å². The summed E-state index contributed by atoms with van der Waals surface area (Å²) in [6.45, 7) is 0.556. The van der Waals surface area contributed by atoms with Crippen molar-refractivity contribution < 1.29 is 33.6 Å². The minimum atomic E-state index is -0.932. The molecule has 13 nitrogen and oxygen atoms in total. The predicted molar refractivity (Wildman–Crippen MR) is 121 cm³/mol. The summed E-state index contributed by atoms with van der Waals surface area (Å²) in [5.74, 6) is -4.04. The van der Waals surface area contributed by atoms with Crippen molar-refractivity contribution in [1.82, 2.24) is 10.4 Å². The van der Waals surface area contributed by atoms with E-state index in [-0.39, 0.29) is 24.4 Å². The largest absolute Gasteiger partial charge is 0.455 e. The van der Waals surface area contributed by atoms with Crippen molar-refractivity contribution in [3.05, 3.63) is 64.2 Å². The van der Waals surface area contributed by atoms with Crippen LogP contribution < -0.4 is 16.1 Å². The van der Waals surface area contributed by atoms with Crippen molar-refractivity contribution in [3.63, 3.8) is 0 Å². The molecule has 1 fully saturated rings. The predicted octanol–water partition coefficient (Wildman–Crippen LogP) is 1.23. The van der Waals surface area contributed by atoms with Gasteiger partial charge in [0.1, 0.15) is 5.56 Å². The second kappa shape index (κ2) is 10.9. The molecule has 1 saturated heterocycles. The molecule has 1 heterocycles. The molecular formula is C22H21N5O8. The first-order chi connectivity index (χ1) is 16.6. The molecule has 4 amide bonds. The van der Waals surface area contributed by atoms with E-state index in [1.54, 1.807) is 24.3 Å². The van der Waals surface area contributed by atoms with Gasteiger partial charge in [-0.3, -0.25) is 44.5 Å². The number of nitrogens with zero attached hydrogens (tertiary/aromatic N) is 2. The molecule has 3 rings (SSSR count). The van der Waals surface area contributed by atoms with Gasteiger partial charge in [0.25, 0.3) is 17.5 Å². The van der Waals surface area contributed by atoms with Crippen LogP contribution in [-0.2, 0) is 23.9 Å². The van der Waals surface area contributed by atoms with Gasteiger partial charge < -0.3 is 15.4 Å². The molecule has 1 atom stereocenters. The first kappa shape index (κ1) is 24.8. The summed E-state index contributed by atoms with van der Waals surface area (Å²) >= 11 is 0. The van der Waals surface area contributed by atoms with Gasteiger partial charge in [-0.2, -0.15) is 0 Å². The van der Waals surface area contributed by atoms with Crippen LogP contribution in [0.5, 0.6) is 0 Å². The number of anilines is 2. The van der Waals surface area contributed by atoms with E-state index in [0.717, 1.165) is 11.1 Å². The van der Waals surface area contributed by atoms with Crippen LogP contribution in [0.4, 0.5) is 17.1 Å². The Hall–Kier alpha value is -4.81. The number of para-hydroxylation sites is 1.